The van der Waals surface area contributed by atoms with E-state index in [4.69, 9.17) is 0 Å². The van der Waals surface area contributed by atoms with Gasteiger partial charge in [-0.15, -0.1) is 0 Å². The number of aromatic amines is 1. The third-order valence-electron chi connectivity index (χ3n) is 5.74. The van der Waals surface area contributed by atoms with Gasteiger partial charge in [-0.1, -0.05) is 6.07 Å². The fraction of sp³-hybridized carbons (Fsp3) is 0.579. The maximum atomic E-state index is 12.5. The van der Waals surface area contributed by atoms with Gasteiger partial charge in [-0.05, 0) is 57.0 Å². The van der Waals surface area contributed by atoms with Gasteiger partial charge in [0, 0.05) is 12.0 Å². The highest BCUT2D eigenvalue weighted by Gasteiger charge is 2.35. The van der Waals surface area contributed by atoms with E-state index >= 15 is 0 Å². The van der Waals surface area contributed by atoms with Crippen LogP contribution >= 0.6 is 0 Å². The molecule has 2 fully saturated rings. The molecule has 2 aromatic rings. The summed E-state index contributed by atoms with van der Waals surface area (Å²) in [5, 5.41) is 2.99. The number of hydrogen-bond acceptors (Lipinski definition) is 5. The summed E-state index contributed by atoms with van der Waals surface area (Å²) < 4.78 is 23.3. The molecule has 1 atom stereocenters. The Kier molecular flexibility index (Phi) is 4.94. The minimum Gasteiger partial charge on any atom is -0.349 e. The van der Waals surface area contributed by atoms with Gasteiger partial charge in [0.15, 0.2) is 9.84 Å². The largest absolute Gasteiger partial charge is 0.349 e. The molecule has 0 spiro atoms. The van der Waals surface area contributed by atoms with E-state index in [0.29, 0.717) is 12.3 Å². The number of aryl methyl sites for hydroxylation is 1. The molecule has 0 radical (unpaired) electrons. The summed E-state index contributed by atoms with van der Waals surface area (Å²) in [6, 6.07) is 6.19. The highest BCUT2D eigenvalue weighted by Crippen LogP contribution is 2.24. The quantitative estimate of drug-likeness (QED) is 0.823. The zero-order chi connectivity index (χ0) is 19.0. The molecule has 146 valence electrons. The van der Waals surface area contributed by atoms with E-state index < -0.39 is 9.84 Å². The van der Waals surface area contributed by atoms with Crippen LogP contribution in [0.5, 0.6) is 0 Å². The molecule has 8 heteroatoms. The Morgan fingerprint density at radius 1 is 1.30 bits per heavy atom. The highest BCUT2D eigenvalue weighted by atomic mass is 32.2. The van der Waals surface area contributed by atoms with E-state index in [9.17, 15) is 13.2 Å². The number of fused-ring (bicyclic) bond motifs is 1. The molecule has 1 aromatic carbocycles. The second-order valence-electron chi connectivity index (χ2n) is 7.79. The number of rotatable bonds is 4. The summed E-state index contributed by atoms with van der Waals surface area (Å²) in [5.41, 5.74) is 3.06. The SMILES string of the molecule is Cc1ccc2nc(CNC(=O)C3CCN([C@@H]4CCS(=O)(=O)C4)CC3)[nH]c2c1. The van der Waals surface area contributed by atoms with Crippen molar-refractivity contribution in [1.29, 1.82) is 0 Å². The lowest BCUT2D eigenvalue weighted by Crippen LogP contribution is -2.45. The number of carbonyl (C=O) groups excluding carboxylic acids is 1. The minimum atomic E-state index is -2.86. The van der Waals surface area contributed by atoms with Crippen LogP contribution < -0.4 is 5.32 Å². The Morgan fingerprint density at radius 2 is 2.07 bits per heavy atom. The average Bonchev–Trinajstić information content (AvgIpc) is 3.21. The van der Waals surface area contributed by atoms with Crippen LogP contribution in [0.25, 0.3) is 11.0 Å². The standard InChI is InChI=1S/C19H26N4O3S/c1-13-2-3-16-17(10-13)22-18(21-16)11-20-19(24)14-4-7-23(8-5-14)15-6-9-27(25,26)12-15/h2-3,10,14-15H,4-9,11-12H2,1H3,(H,20,24)(H,21,22)/t15-/m1/s1. The molecule has 0 bridgehead atoms. The van der Waals surface area contributed by atoms with E-state index in [1.807, 2.05) is 25.1 Å². The van der Waals surface area contributed by atoms with Crippen molar-refractivity contribution in [2.45, 2.75) is 38.8 Å². The number of piperidine rings is 1. The van der Waals surface area contributed by atoms with Gasteiger partial charge in [-0.3, -0.25) is 9.69 Å². The topological polar surface area (TPSA) is 95.2 Å². The number of aromatic nitrogens is 2. The number of likely N-dealkylation sites (tertiary alicyclic amines) is 1. The lowest BCUT2D eigenvalue weighted by Gasteiger charge is -2.34. The summed E-state index contributed by atoms with van der Waals surface area (Å²) in [7, 11) is -2.86. The molecule has 1 amide bonds. The van der Waals surface area contributed by atoms with Gasteiger partial charge in [0.2, 0.25) is 5.91 Å². The molecular formula is C19H26N4O3S. The second kappa shape index (κ2) is 7.24. The Hall–Kier alpha value is -1.93. The van der Waals surface area contributed by atoms with E-state index in [-0.39, 0.29) is 23.6 Å². The number of H-pyrrole nitrogens is 1. The fourth-order valence-corrected chi connectivity index (χ4v) is 5.93. The predicted octanol–water partition coefficient (Wildman–Crippen LogP) is 1.39. The molecule has 2 N–H and O–H groups in total. The third-order valence-corrected chi connectivity index (χ3v) is 7.49. The maximum absolute atomic E-state index is 12.5. The first-order valence-electron chi connectivity index (χ1n) is 9.57. The van der Waals surface area contributed by atoms with Crippen molar-refractivity contribution in [3.63, 3.8) is 0 Å². The van der Waals surface area contributed by atoms with Crippen molar-refractivity contribution in [2.75, 3.05) is 24.6 Å². The zero-order valence-electron chi connectivity index (χ0n) is 15.6. The molecule has 4 rings (SSSR count). The number of nitrogens with zero attached hydrogens (tertiary/aromatic N) is 2. The van der Waals surface area contributed by atoms with Crippen LogP contribution in [0.15, 0.2) is 18.2 Å². The fourth-order valence-electron chi connectivity index (χ4n) is 4.17. The minimum absolute atomic E-state index is 0.00844. The number of carbonyl (C=O) groups is 1. The molecule has 27 heavy (non-hydrogen) atoms. The van der Waals surface area contributed by atoms with Crippen molar-refractivity contribution >= 4 is 26.8 Å². The summed E-state index contributed by atoms with van der Waals surface area (Å²) in [5.74, 6) is 1.39. The molecular weight excluding hydrogens is 364 g/mol. The van der Waals surface area contributed by atoms with Crippen LogP contribution in [0.2, 0.25) is 0 Å². The number of imidazole rings is 1. The number of nitrogens with one attached hydrogen (secondary N) is 2. The van der Waals surface area contributed by atoms with Gasteiger partial charge in [-0.25, -0.2) is 13.4 Å². The lowest BCUT2D eigenvalue weighted by atomic mass is 9.94. The normalized spacial score (nSPS) is 23.7. The van der Waals surface area contributed by atoms with Crippen LogP contribution in [0.4, 0.5) is 0 Å². The van der Waals surface area contributed by atoms with Gasteiger partial charge in [0.1, 0.15) is 5.82 Å². The number of amides is 1. The monoisotopic (exact) mass is 390 g/mol. The van der Waals surface area contributed by atoms with Crippen LogP contribution in [-0.4, -0.2) is 59.8 Å². The van der Waals surface area contributed by atoms with Crippen LogP contribution in [0.1, 0.15) is 30.7 Å². The highest BCUT2D eigenvalue weighted by molar-refractivity contribution is 7.91. The molecule has 1 aromatic heterocycles. The maximum Gasteiger partial charge on any atom is 0.223 e. The summed E-state index contributed by atoms with van der Waals surface area (Å²) in [4.78, 5) is 22.5. The zero-order valence-corrected chi connectivity index (χ0v) is 16.4. The molecule has 7 nitrogen and oxygen atoms in total. The lowest BCUT2D eigenvalue weighted by molar-refractivity contribution is -0.126. The molecule has 2 aliphatic rings. The van der Waals surface area contributed by atoms with Crippen molar-refractivity contribution in [3.8, 4) is 0 Å². The van der Waals surface area contributed by atoms with Gasteiger partial charge in [-0.2, -0.15) is 0 Å². The van der Waals surface area contributed by atoms with Crippen LogP contribution in [0, 0.1) is 12.8 Å². The summed E-state index contributed by atoms with van der Waals surface area (Å²) in [6.45, 7) is 4.02. The summed E-state index contributed by atoms with van der Waals surface area (Å²) >= 11 is 0. The number of sulfone groups is 1. The first-order chi connectivity index (χ1) is 12.9. The Balaban J connectivity index is 1.28. The average molecular weight is 391 g/mol. The van der Waals surface area contributed by atoms with Gasteiger partial charge < -0.3 is 10.3 Å². The number of benzene rings is 1. The molecule has 0 aliphatic carbocycles. The van der Waals surface area contributed by atoms with E-state index in [2.05, 4.69) is 20.2 Å². The predicted molar refractivity (Wildman–Crippen MR) is 104 cm³/mol. The van der Waals surface area contributed by atoms with E-state index in [1.165, 1.54) is 5.56 Å². The van der Waals surface area contributed by atoms with Crippen molar-refractivity contribution < 1.29 is 13.2 Å². The van der Waals surface area contributed by atoms with Gasteiger partial charge in [0.25, 0.3) is 0 Å². The number of hydrogen-bond donors (Lipinski definition) is 2. The molecule has 0 saturated carbocycles. The molecule has 0 unspecified atom stereocenters. The van der Waals surface area contributed by atoms with Gasteiger partial charge >= 0.3 is 0 Å². The van der Waals surface area contributed by atoms with Crippen LogP contribution in [0.3, 0.4) is 0 Å². The van der Waals surface area contributed by atoms with Crippen molar-refractivity contribution in [3.05, 3.63) is 29.6 Å². The Morgan fingerprint density at radius 3 is 2.78 bits per heavy atom. The smallest absolute Gasteiger partial charge is 0.223 e. The Bertz CT molecular complexity index is 945. The Labute approximate surface area is 159 Å². The van der Waals surface area contributed by atoms with E-state index in [1.54, 1.807) is 0 Å². The van der Waals surface area contributed by atoms with Gasteiger partial charge in [0.05, 0.1) is 29.1 Å². The van der Waals surface area contributed by atoms with Crippen molar-refractivity contribution in [1.82, 2.24) is 20.2 Å². The van der Waals surface area contributed by atoms with Crippen molar-refractivity contribution in [2.24, 2.45) is 5.92 Å². The first-order valence-corrected chi connectivity index (χ1v) is 11.4. The first kappa shape index (κ1) is 18.4. The summed E-state index contributed by atoms with van der Waals surface area (Å²) in [6.07, 6.45) is 2.29. The van der Waals surface area contributed by atoms with Crippen LogP contribution in [-0.2, 0) is 21.2 Å². The third kappa shape index (κ3) is 4.16. The molecule has 2 aliphatic heterocycles. The second-order valence-corrected chi connectivity index (χ2v) is 10.0. The molecule has 2 saturated heterocycles. The molecule has 3 heterocycles. The van der Waals surface area contributed by atoms with E-state index in [0.717, 1.165) is 49.2 Å².